The molecule has 0 aliphatic carbocycles. The van der Waals surface area contributed by atoms with Gasteiger partial charge in [0.25, 0.3) is 5.69 Å². The first-order valence-corrected chi connectivity index (χ1v) is 5.69. The molecule has 0 aliphatic heterocycles. The van der Waals surface area contributed by atoms with E-state index < -0.39 is 16.6 Å². The average Bonchev–Trinajstić information content (AvgIpc) is 2.25. The Bertz CT molecular complexity index is 508. The third-order valence-corrected chi connectivity index (χ3v) is 2.23. The van der Waals surface area contributed by atoms with Gasteiger partial charge in [0.2, 0.25) is 0 Å². The predicted molar refractivity (Wildman–Crippen MR) is 70.3 cm³/mol. The van der Waals surface area contributed by atoms with E-state index in [2.05, 4.69) is 4.98 Å². The van der Waals surface area contributed by atoms with E-state index in [1.165, 1.54) is 18.0 Å². The molecular weight excluding hydrogens is 250 g/mol. The Hall–Kier alpha value is -2.18. The number of carbonyl (C=O) groups is 1. The van der Waals surface area contributed by atoms with Gasteiger partial charge in [0, 0.05) is 13.1 Å². The zero-order valence-electron chi connectivity index (χ0n) is 11.6. The lowest BCUT2D eigenvalue weighted by Crippen LogP contribution is -2.35. The SMILES string of the molecule is Cc1cc([N+](=O)[O-])cnc1N(C)C(=O)OC(C)(C)C. The maximum Gasteiger partial charge on any atom is 0.415 e. The lowest BCUT2D eigenvalue weighted by atomic mass is 10.2. The van der Waals surface area contributed by atoms with Gasteiger partial charge in [-0.15, -0.1) is 0 Å². The Morgan fingerprint density at radius 1 is 1.47 bits per heavy atom. The minimum absolute atomic E-state index is 0.112. The zero-order valence-corrected chi connectivity index (χ0v) is 11.6. The number of hydrogen-bond acceptors (Lipinski definition) is 5. The van der Waals surface area contributed by atoms with E-state index in [0.717, 1.165) is 6.20 Å². The number of aromatic nitrogens is 1. The Morgan fingerprint density at radius 2 is 2.05 bits per heavy atom. The van der Waals surface area contributed by atoms with Crippen LogP contribution in [0.3, 0.4) is 0 Å². The number of carbonyl (C=O) groups excluding carboxylic acids is 1. The molecule has 1 rings (SSSR count). The van der Waals surface area contributed by atoms with Gasteiger partial charge in [-0.3, -0.25) is 15.0 Å². The molecule has 1 aromatic heterocycles. The van der Waals surface area contributed by atoms with Gasteiger partial charge in [0.1, 0.15) is 17.6 Å². The van der Waals surface area contributed by atoms with Gasteiger partial charge in [-0.1, -0.05) is 0 Å². The molecule has 0 spiro atoms. The fourth-order valence-corrected chi connectivity index (χ4v) is 1.42. The quantitative estimate of drug-likeness (QED) is 0.607. The van der Waals surface area contributed by atoms with Crippen LogP contribution in [-0.4, -0.2) is 28.6 Å². The topological polar surface area (TPSA) is 85.6 Å². The molecule has 19 heavy (non-hydrogen) atoms. The maximum absolute atomic E-state index is 11.9. The molecule has 0 radical (unpaired) electrons. The second kappa shape index (κ2) is 5.21. The van der Waals surface area contributed by atoms with E-state index >= 15 is 0 Å². The van der Waals surface area contributed by atoms with Crippen LogP contribution >= 0.6 is 0 Å². The first-order chi connectivity index (χ1) is 8.61. The van der Waals surface area contributed by atoms with E-state index in [4.69, 9.17) is 4.74 Å². The highest BCUT2D eigenvalue weighted by Gasteiger charge is 2.23. The van der Waals surface area contributed by atoms with Crippen molar-refractivity contribution in [2.24, 2.45) is 0 Å². The van der Waals surface area contributed by atoms with Crippen LogP contribution in [0.15, 0.2) is 12.3 Å². The summed E-state index contributed by atoms with van der Waals surface area (Å²) in [5.74, 6) is 0.333. The molecule has 1 amide bonds. The number of anilines is 1. The fraction of sp³-hybridized carbons (Fsp3) is 0.500. The van der Waals surface area contributed by atoms with Crippen LogP contribution in [0.5, 0.6) is 0 Å². The molecule has 0 saturated heterocycles. The van der Waals surface area contributed by atoms with Gasteiger partial charge in [-0.2, -0.15) is 0 Å². The number of nitrogens with zero attached hydrogens (tertiary/aromatic N) is 3. The van der Waals surface area contributed by atoms with Crippen LogP contribution in [-0.2, 0) is 4.74 Å². The summed E-state index contributed by atoms with van der Waals surface area (Å²) in [6.45, 7) is 6.93. The van der Waals surface area contributed by atoms with E-state index in [-0.39, 0.29) is 5.69 Å². The standard InChI is InChI=1S/C12H17N3O4/c1-8-6-9(15(17)18)7-13-10(8)14(5)11(16)19-12(2,3)4/h6-7H,1-5H3. The van der Waals surface area contributed by atoms with Crippen molar-refractivity contribution in [3.63, 3.8) is 0 Å². The Labute approximate surface area is 111 Å². The molecule has 0 atom stereocenters. The van der Waals surface area contributed by atoms with E-state index in [1.807, 2.05) is 0 Å². The van der Waals surface area contributed by atoms with Crippen molar-refractivity contribution < 1.29 is 14.5 Å². The third-order valence-electron chi connectivity index (χ3n) is 2.23. The largest absolute Gasteiger partial charge is 0.443 e. The second-order valence-electron chi connectivity index (χ2n) is 5.13. The van der Waals surface area contributed by atoms with Gasteiger partial charge in [-0.05, 0) is 33.3 Å². The van der Waals surface area contributed by atoms with Gasteiger partial charge in [-0.25, -0.2) is 9.78 Å². The Morgan fingerprint density at radius 3 is 2.47 bits per heavy atom. The number of hydrogen-bond donors (Lipinski definition) is 0. The van der Waals surface area contributed by atoms with Gasteiger partial charge < -0.3 is 4.74 Å². The summed E-state index contributed by atoms with van der Waals surface area (Å²) in [6, 6.07) is 1.36. The number of rotatable bonds is 2. The number of amides is 1. The molecule has 7 heteroatoms. The monoisotopic (exact) mass is 267 g/mol. The summed E-state index contributed by atoms with van der Waals surface area (Å²) in [6.07, 6.45) is 0.556. The second-order valence-corrected chi connectivity index (χ2v) is 5.13. The van der Waals surface area contributed by atoms with E-state index in [9.17, 15) is 14.9 Å². The first-order valence-electron chi connectivity index (χ1n) is 5.69. The van der Waals surface area contributed by atoms with E-state index in [0.29, 0.717) is 11.4 Å². The molecule has 1 heterocycles. The number of pyridine rings is 1. The molecule has 0 N–H and O–H groups in total. The summed E-state index contributed by atoms with van der Waals surface area (Å²) in [4.78, 5) is 27.1. The molecule has 1 aromatic rings. The maximum atomic E-state index is 11.9. The Kier molecular flexibility index (Phi) is 4.08. The van der Waals surface area contributed by atoms with Crippen LogP contribution in [0.4, 0.5) is 16.3 Å². The van der Waals surface area contributed by atoms with Gasteiger partial charge in [0.15, 0.2) is 0 Å². The highest BCUT2D eigenvalue weighted by Crippen LogP contribution is 2.22. The summed E-state index contributed by atoms with van der Waals surface area (Å²) in [5, 5.41) is 10.6. The third kappa shape index (κ3) is 3.90. The van der Waals surface area contributed by atoms with Crippen molar-refractivity contribution in [2.75, 3.05) is 11.9 Å². The summed E-state index contributed by atoms with van der Waals surface area (Å²) in [7, 11) is 1.51. The van der Waals surface area contributed by atoms with Crippen molar-refractivity contribution in [3.8, 4) is 0 Å². The smallest absolute Gasteiger partial charge is 0.415 e. The molecule has 0 aromatic carbocycles. The number of ether oxygens (including phenoxy) is 1. The summed E-state index contributed by atoms with van der Waals surface area (Å²) < 4.78 is 5.20. The van der Waals surface area contributed by atoms with Crippen LogP contribution in [0.1, 0.15) is 26.3 Å². The molecule has 0 bridgehead atoms. The minimum Gasteiger partial charge on any atom is -0.443 e. The number of nitro groups is 1. The molecule has 7 nitrogen and oxygen atoms in total. The lowest BCUT2D eigenvalue weighted by molar-refractivity contribution is -0.385. The van der Waals surface area contributed by atoms with Crippen LogP contribution in [0.25, 0.3) is 0 Å². The van der Waals surface area contributed by atoms with E-state index in [1.54, 1.807) is 27.7 Å². The molecule has 0 aliphatic rings. The molecule has 0 unspecified atom stereocenters. The molecule has 104 valence electrons. The lowest BCUT2D eigenvalue weighted by Gasteiger charge is -2.24. The summed E-state index contributed by atoms with van der Waals surface area (Å²) >= 11 is 0. The van der Waals surface area contributed by atoms with Crippen LogP contribution in [0.2, 0.25) is 0 Å². The highest BCUT2D eigenvalue weighted by atomic mass is 16.6. The highest BCUT2D eigenvalue weighted by molar-refractivity contribution is 5.87. The fourth-order valence-electron chi connectivity index (χ4n) is 1.42. The normalized spacial score (nSPS) is 11.0. The van der Waals surface area contributed by atoms with Crippen molar-refractivity contribution in [1.82, 2.24) is 4.98 Å². The predicted octanol–water partition coefficient (Wildman–Crippen LogP) is 2.67. The molecule has 0 fully saturated rings. The van der Waals surface area contributed by atoms with Crippen molar-refractivity contribution in [3.05, 3.63) is 27.9 Å². The average molecular weight is 267 g/mol. The molecule has 0 saturated carbocycles. The van der Waals surface area contributed by atoms with Crippen molar-refractivity contribution in [2.45, 2.75) is 33.3 Å². The van der Waals surface area contributed by atoms with Crippen molar-refractivity contribution in [1.29, 1.82) is 0 Å². The summed E-state index contributed by atoms with van der Waals surface area (Å²) in [5.41, 5.74) is -0.193. The zero-order chi connectivity index (χ0) is 14.8. The number of aryl methyl sites for hydroxylation is 1. The van der Waals surface area contributed by atoms with Gasteiger partial charge >= 0.3 is 6.09 Å². The van der Waals surface area contributed by atoms with Crippen molar-refractivity contribution >= 4 is 17.6 Å². The Balaban J connectivity index is 2.97. The van der Waals surface area contributed by atoms with Gasteiger partial charge in [0.05, 0.1) is 4.92 Å². The molecular formula is C12H17N3O4. The minimum atomic E-state index is -0.611. The first kappa shape index (κ1) is 14.9. The van der Waals surface area contributed by atoms with Crippen LogP contribution in [0, 0.1) is 17.0 Å². The van der Waals surface area contributed by atoms with Crippen LogP contribution < -0.4 is 4.90 Å².